The Morgan fingerprint density at radius 3 is 2.59 bits per heavy atom. The van der Waals surface area contributed by atoms with Crippen LogP contribution in [0.25, 0.3) is 22.3 Å². The summed E-state index contributed by atoms with van der Waals surface area (Å²) in [6.45, 7) is 3.12. The highest BCUT2D eigenvalue weighted by atomic mass is 16.5. The molecule has 2 N–H and O–H groups in total. The second kappa shape index (κ2) is 9.78. The zero-order chi connectivity index (χ0) is 20.6. The van der Waals surface area contributed by atoms with Crippen LogP contribution in [0.15, 0.2) is 52.9 Å². The first-order valence-electron chi connectivity index (χ1n) is 9.83. The Morgan fingerprint density at radius 2 is 1.86 bits per heavy atom. The highest BCUT2D eigenvalue weighted by molar-refractivity contribution is 5.98. The van der Waals surface area contributed by atoms with Gasteiger partial charge in [-0.3, -0.25) is 9.59 Å². The van der Waals surface area contributed by atoms with Gasteiger partial charge in [0, 0.05) is 29.5 Å². The van der Waals surface area contributed by atoms with Crippen LogP contribution in [0, 0.1) is 0 Å². The largest absolute Gasteiger partial charge is 0.494 e. The molecule has 1 heterocycles. The van der Waals surface area contributed by atoms with Gasteiger partial charge in [-0.2, -0.15) is 0 Å². The molecule has 0 aliphatic heterocycles. The minimum absolute atomic E-state index is 0.0764. The molecule has 0 unspecified atom stereocenters. The summed E-state index contributed by atoms with van der Waals surface area (Å²) in [6, 6.07) is 14.8. The van der Waals surface area contributed by atoms with Gasteiger partial charge in [-0.1, -0.05) is 13.3 Å². The van der Waals surface area contributed by atoms with Crippen LogP contribution in [0.1, 0.15) is 43.0 Å². The third-order valence-corrected chi connectivity index (χ3v) is 4.54. The molecule has 1 amide bonds. The Morgan fingerprint density at radius 1 is 1.07 bits per heavy atom. The van der Waals surface area contributed by atoms with Crippen LogP contribution in [-0.2, 0) is 4.79 Å². The Bertz CT molecular complexity index is 975. The van der Waals surface area contributed by atoms with Crippen LogP contribution in [0.3, 0.4) is 0 Å². The zero-order valence-electron chi connectivity index (χ0n) is 16.4. The lowest BCUT2D eigenvalue weighted by Gasteiger charge is -2.05. The molecule has 152 valence electrons. The van der Waals surface area contributed by atoms with E-state index < -0.39 is 5.97 Å². The summed E-state index contributed by atoms with van der Waals surface area (Å²) < 4.78 is 11.5. The van der Waals surface area contributed by atoms with Crippen molar-refractivity contribution in [3.63, 3.8) is 0 Å². The molecule has 6 heteroatoms. The normalized spacial score (nSPS) is 10.8. The van der Waals surface area contributed by atoms with Gasteiger partial charge in [0.05, 0.1) is 6.61 Å². The molecule has 29 heavy (non-hydrogen) atoms. The van der Waals surface area contributed by atoms with E-state index in [2.05, 4.69) is 12.2 Å². The van der Waals surface area contributed by atoms with Gasteiger partial charge in [-0.05, 0) is 61.4 Å². The van der Waals surface area contributed by atoms with Crippen molar-refractivity contribution < 1.29 is 23.8 Å². The molecule has 0 aliphatic carbocycles. The van der Waals surface area contributed by atoms with E-state index in [1.54, 1.807) is 6.07 Å². The quantitative estimate of drug-likeness (QED) is 0.478. The SMILES string of the molecule is CCCCNC(=O)c1ccc2oc(-c3ccc(OCCCC(=O)O)cc3)cc2c1. The molecule has 1 aromatic heterocycles. The Labute approximate surface area is 169 Å². The molecule has 0 atom stereocenters. The van der Waals surface area contributed by atoms with E-state index in [4.69, 9.17) is 14.3 Å². The predicted molar refractivity (Wildman–Crippen MR) is 111 cm³/mol. The van der Waals surface area contributed by atoms with E-state index in [9.17, 15) is 9.59 Å². The molecule has 0 saturated carbocycles. The second-order valence-electron chi connectivity index (χ2n) is 6.84. The summed E-state index contributed by atoms with van der Waals surface area (Å²) in [7, 11) is 0. The zero-order valence-corrected chi connectivity index (χ0v) is 16.4. The standard InChI is InChI=1S/C23H25NO5/c1-2-3-12-24-23(27)17-8-11-20-18(14-17)15-21(29-20)16-6-9-19(10-7-16)28-13-4-5-22(25)26/h6-11,14-15H,2-5,12-13H2,1H3,(H,24,27)(H,25,26). The highest BCUT2D eigenvalue weighted by Crippen LogP contribution is 2.29. The number of rotatable bonds is 10. The fraction of sp³-hybridized carbons (Fsp3) is 0.304. The van der Waals surface area contributed by atoms with Gasteiger partial charge < -0.3 is 19.6 Å². The molecule has 0 spiro atoms. The van der Waals surface area contributed by atoms with Gasteiger partial charge in [0.1, 0.15) is 17.1 Å². The Balaban J connectivity index is 1.66. The van der Waals surface area contributed by atoms with E-state index in [-0.39, 0.29) is 12.3 Å². The number of hydrogen-bond acceptors (Lipinski definition) is 4. The topological polar surface area (TPSA) is 88.8 Å². The van der Waals surface area contributed by atoms with E-state index in [0.29, 0.717) is 36.6 Å². The number of amides is 1. The lowest BCUT2D eigenvalue weighted by atomic mass is 10.1. The number of aliphatic carboxylic acids is 1. The van der Waals surface area contributed by atoms with E-state index in [1.807, 2.05) is 42.5 Å². The molecular formula is C23H25NO5. The first kappa shape index (κ1) is 20.5. The number of fused-ring (bicyclic) bond motifs is 1. The molecule has 0 fully saturated rings. The van der Waals surface area contributed by atoms with Crippen molar-refractivity contribution >= 4 is 22.8 Å². The van der Waals surface area contributed by atoms with Gasteiger partial charge in [0.2, 0.25) is 0 Å². The fourth-order valence-corrected chi connectivity index (χ4v) is 2.94. The summed E-state index contributed by atoms with van der Waals surface area (Å²) in [4.78, 5) is 22.7. The van der Waals surface area contributed by atoms with Crippen molar-refractivity contribution in [2.75, 3.05) is 13.2 Å². The van der Waals surface area contributed by atoms with Crippen LogP contribution in [0.2, 0.25) is 0 Å². The summed E-state index contributed by atoms with van der Waals surface area (Å²) in [5, 5.41) is 12.4. The average molecular weight is 395 g/mol. The number of ether oxygens (including phenoxy) is 1. The summed E-state index contributed by atoms with van der Waals surface area (Å²) in [5.41, 5.74) is 2.23. The third-order valence-electron chi connectivity index (χ3n) is 4.54. The number of carboxylic acids is 1. The Hall–Kier alpha value is -3.28. The summed E-state index contributed by atoms with van der Waals surface area (Å²) >= 11 is 0. The first-order valence-corrected chi connectivity index (χ1v) is 9.83. The van der Waals surface area contributed by atoms with Crippen LogP contribution < -0.4 is 10.1 Å². The van der Waals surface area contributed by atoms with Crippen molar-refractivity contribution in [2.45, 2.75) is 32.6 Å². The summed E-state index contributed by atoms with van der Waals surface area (Å²) in [6.07, 6.45) is 2.56. The average Bonchev–Trinajstić information content (AvgIpc) is 3.15. The van der Waals surface area contributed by atoms with Crippen LogP contribution in [0.4, 0.5) is 0 Å². The molecule has 0 bridgehead atoms. The maximum absolute atomic E-state index is 12.2. The number of carbonyl (C=O) groups excluding carboxylic acids is 1. The smallest absolute Gasteiger partial charge is 0.303 e. The van der Waals surface area contributed by atoms with Gasteiger partial charge in [-0.15, -0.1) is 0 Å². The maximum atomic E-state index is 12.2. The first-order chi connectivity index (χ1) is 14.1. The number of carbonyl (C=O) groups is 2. The molecule has 0 radical (unpaired) electrons. The van der Waals surface area contributed by atoms with Crippen molar-refractivity contribution in [2.24, 2.45) is 0 Å². The third kappa shape index (κ3) is 5.60. The summed E-state index contributed by atoms with van der Waals surface area (Å²) in [5.74, 6) is 0.491. The molecule has 6 nitrogen and oxygen atoms in total. The highest BCUT2D eigenvalue weighted by Gasteiger charge is 2.10. The van der Waals surface area contributed by atoms with Gasteiger partial charge in [0.15, 0.2) is 0 Å². The number of furan rings is 1. The molecule has 0 aliphatic rings. The molecular weight excluding hydrogens is 370 g/mol. The van der Waals surface area contributed by atoms with Crippen LogP contribution in [-0.4, -0.2) is 30.1 Å². The number of benzene rings is 2. The van der Waals surface area contributed by atoms with Crippen molar-refractivity contribution in [3.8, 4) is 17.1 Å². The van der Waals surface area contributed by atoms with Crippen LogP contribution in [0.5, 0.6) is 5.75 Å². The lowest BCUT2D eigenvalue weighted by Crippen LogP contribution is -2.24. The number of nitrogens with one attached hydrogen (secondary N) is 1. The van der Waals surface area contributed by atoms with Gasteiger partial charge >= 0.3 is 5.97 Å². The Kier molecular flexibility index (Phi) is 6.89. The molecule has 3 rings (SSSR count). The van der Waals surface area contributed by atoms with Gasteiger partial charge in [0.25, 0.3) is 5.91 Å². The van der Waals surface area contributed by atoms with E-state index in [0.717, 1.165) is 29.4 Å². The predicted octanol–water partition coefficient (Wildman–Crippen LogP) is 4.87. The molecule has 0 saturated heterocycles. The maximum Gasteiger partial charge on any atom is 0.303 e. The van der Waals surface area contributed by atoms with Crippen molar-refractivity contribution in [1.29, 1.82) is 0 Å². The molecule has 2 aromatic carbocycles. The minimum Gasteiger partial charge on any atom is -0.494 e. The van der Waals surface area contributed by atoms with Crippen molar-refractivity contribution in [1.82, 2.24) is 5.32 Å². The van der Waals surface area contributed by atoms with Crippen molar-refractivity contribution in [3.05, 3.63) is 54.1 Å². The number of hydrogen-bond donors (Lipinski definition) is 2. The van der Waals surface area contributed by atoms with Gasteiger partial charge in [-0.25, -0.2) is 0 Å². The van der Waals surface area contributed by atoms with E-state index >= 15 is 0 Å². The number of unbranched alkanes of at least 4 members (excludes halogenated alkanes) is 1. The lowest BCUT2D eigenvalue weighted by molar-refractivity contribution is -0.137. The minimum atomic E-state index is -0.824. The van der Waals surface area contributed by atoms with E-state index in [1.165, 1.54) is 0 Å². The second-order valence-corrected chi connectivity index (χ2v) is 6.84. The fourth-order valence-electron chi connectivity index (χ4n) is 2.94. The van der Waals surface area contributed by atoms with Crippen LogP contribution >= 0.6 is 0 Å². The number of carboxylic acid groups (broad SMARTS) is 1. The monoisotopic (exact) mass is 395 g/mol. The molecule has 3 aromatic rings.